The van der Waals surface area contributed by atoms with Crippen molar-refractivity contribution in [1.82, 2.24) is 14.8 Å². The van der Waals surface area contributed by atoms with Crippen LogP contribution in [0, 0.1) is 0 Å². The van der Waals surface area contributed by atoms with Crippen molar-refractivity contribution >= 4 is 28.3 Å². The van der Waals surface area contributed by atoms with Gasteiger partial charge >= 0.3 is 0 Å². The van der Waals surface area contributed by atoms with Gasteiger partial charge < -0.3 is 15.4 Å². The molecule has 2 heterocycles. The van der Waals surface area contributed by atoms with E-state index in [4.69, 9.17) is 14.8 Å². The third-order valence-electron chi connectivity index (χ3n) is 6.57. The summed E-state index contributed by atoms with van der Waals surface area (Å²) in [4.78, 5) is 18.5. The van der Waals surface area contributed by atoms with E-state index in [-0.39, 0.29) is 5.91 Å². The first-order chi connectivity index (χ1) is 18.1. The Morgan fingerprint density at radius 2 is 1.70 bits per heavy atom. The molecule has 1 atom stereocenters. The van der Waals surface area contributed by atoms with Gasteiger partial charge in [0, 0.05) is 16.9 Å². The molecule has 7 heteroatoms. The van der Waals surface area contributed by atoms with Crippen LogP contribution in [0.15, 0.2) is 108 Å². The van der Waals surface area contributed by atoms with Gasteiger partial charge in [-0.15, -0.1) is 5.10 Å². The van der Waals surface area contributed by atoms with E-state index in [9.17, 15) is 4.79 Å². The second-order valence-corrected chi connectivity index (χ2v) is 8.89. The van der Waals surface area contributed by atoms with Gasteiger partial charge in [-0.1, -0.05) is 72.8 Å². The number of aromatic nitrogens is 3. The Kier molecular flexibility index (Phi) is 5.65. The number of nitrogens with one attached hydrogen (secondary N) is 2. The zero-order valence-corrected chi connectivity index (χ0v) is 20.5. The van der Waals surface area contributed by atoms with E-state index in [1.807, 2.05) is 85.8 Å². The van der Waals surface area contributed by atoms with Crippen LogP contribution in [-0.4, -0.2) is 27.8 Å². The molecule has 1 unspecified atom stereocenters. The van der Waals surface area contributed by atoms with E-state index in [0.29, 0.717) is 28.8 Å². The van der Waals surface area contributed by atoms with Gasteiger partial charge in [0.15, 0.2) is 5.82 Å². The highest BCUT2D eigenvalue weighted by molar-refractivity contribution is 6.06. The molecule has 0 saturated carbocycles. The Bertz CT molecular complexity index is 1650. The molecule has 0 aliphatic carbocycles. The minimum absolute atomic E-state index is 0.211. The lowest BCUT2D eigenvalue weighted by atomic mass is 9.95. The van der Waals surface area contributed by atoms with Crippen molar-refractivity contribution in [3.8, 4) is 17.1 Å². The number of benzene rings is 4. The molecule has 1 aromatic heterocycles. The number of fused-ring (bicyclic) bond motifs is 2. The number of anilines is 2. The number of nitrogens with zero attached hydrogens (tertiary/aromatic N) is 3. The third-order valence-corrected chi connectivity index (χ3v) is 6.57. The Labute approximate surface area is 214 Å². The van der Waals surface area contributed by atoms with Crippen molar-refractivity contribution in [2.45, 2.75) is 13.0 Å². The van der Waals surface area contributed by atoms with Crippen LogP contribution in [0.2, 0.25) is 0 Å². The van der Waals surface area contributed by atoms with Crippen molar-refractivity contribution in [3.05, 3.63) is 114 Å². The van der Waals surface area contributed by atoms with E-state index in [1.165, 1.54) is 0 Å². The van der Waals surface area contributed by atoms with Gasteiger partial charge in [-0.05, 0) is 47.5 Å². The van der Waals surface area contributed by atoms with Crippen LogP contribution in [0.3, 0.4) is 0 Å². The Morgan fingerprint density at radius 3 is 2.54 bits per heavy atom. The van der Waals surface area contributed by atoms with Gasteiger partial charge in [-0.3, -0.25) is 4.79 Å². The van der Waals surface area contributed by atoms with Crippen molar-refractivity contribution < 1.29 is 9.53 Å². The first-order valence-electron chi connectivity index (χ1n) is 12.0. The molecule has 0 bridgehead atoms. The van der Waals surface area contributed by atoms with Crippen LogP contribution in [0.4, 0.5) is 11.6 Å². The molecule has 2 N–H and O–H groups in total. The summed E-state index contributed by atoms with van der Waals surface area (Å²) in [5.41, 5.74) is 3.79. The number of ether oxygens (including phenoxy) is 1. The second kappa shape index (κ2) is 9.28. The highest BCUT2D eigenvalue weighted by Gasteiger charge is 2.35. The maximum Gasteiger partial charge on any atom is 0.255 e. The summed E-state index contributed by atoms with van der Waals surface area (Å²) in [6.07, 6.45) is 0. The summed E-state index contributed by atoms with van der Waals surface area (Å²) in [7, 11) is 1.63. The van der Waals surface area contributed by atoms with E-state index < -0.39 is 6.04 Å². The Balaban J connectivity index is 1.49. The number of carbonyl (C=O) groups excluding carboxylic acids is 1. The number of amides is 1. The lowest BCUT2D eigenvalue weighted by molar-refractivity contribution is -0.113. The summed E-state index contributed by atoms with van der Waals surface area (Å²) in [6, 6.07) is 30.9. The molecule has 1 aliphatic heterocycles. The number of rotatable bonds is 5. The smallest absolute Gasteiger partial charge is 0.255 e. The summed E-state index contributed by atoms with van der Waals surface area (Å²) < 4.78 is 7.29. The number of hydrogen-bond donors (Lipinski definition) is 2. The maximum absolute atomic E-state index is 13.7. The number of allylic oxidation sites excluding steroid dienone is 1. The van der Waals surface area contributed by atoms with Crippen LogP contribution in [0.5, 0.6) is 5.75 Å². The lowest BCUT2D eigenvalue weighted by Gasteiger charge is -2.28. The molecule has 0 saturated heterocycles. The van der Waals surface area contributed by atoms with Gasteiger partial charge in [0.05, 0.1) is 12.7 Å². The fourth-order valence-corrected chi connectivity index (χ4v) is 4.82. The van der Waals surface area contributed by atoms with Crippen molar-refractivity contribution in [1.29, 1.82) is 0 Å². The molecule has 7 nitrogen and oxygen atoms in total. The van der Waals surface area contributed by atoms with E-state index in [0.717, 1.165) is 27.6 Å². The average Bonchev–Trinajstić information content (AvgIpc) is 3.35. The molecule has 37 heavy (non-hydrogen) atoms. The topological polar surface area (TPSA) is 81.1 Å². The molecule has 0 spiro atoms. The number of methoxy groups -OCH3 is 1. The van der Waals surface area contributed by atoms with Crippen LogP contribution < -0.4 is 15.4 Å². The summed E-state index contributed by atoms with van der Waals surface area (Å²) in [5.74, 6) is 1.65. The fourth-order valence-electron chi connectivity index (χ4n) is 4.82. The van der Waals surface area contributed by atoms with Crippen molar-refractivity contribution in [2.75, 3.05) is 17.7 Å². The molecule has 5 aromatic rings. The van der Waals surface area contributed by atoms with Gasteiger partial charge in [0.2, 0.25) is 5.95 Å². The van der Waals surface area contributed by atoms with E-state index in [1.54, 1.807) is 11.8 Å². The third kappa shape index (κ3) is 4.10. The molecule has 1 amide bonds. The first-order valence-corrected chi connectivity index (χ1v) is 12.0. The summed E-state index contributed by atoms with van der Waals surface area (Å²) in [6.45, 7) is 1.89. The molecular weight excluding hydrogens is 462 g/mol. The van der Waals surface area contributed by atoms with Gasteiger partial charge in [0.1, 0.15) is 11.8 Å². The monoisotopic (exact) mass is 487 g/mol. The Hall–Kier alpha value is -4.91. The molecular formula is C30H25N5O2. The van der Waals surface area contributed by atoms with Gasteiger partial charge in [-0.2, -0.15) is 4.98 Å². The van der Waals surface area contributed by atoms with Crippen LogP contribution in [-0.2, 0) is 4.79 Å². The van der Waals surface area contributed by atoms with Crippen molar-refractivity contribution in [2.24, 2.45) is 0 Å². The largest absolute Gasteiger partial charge is 0.497 e. The average molecular weight is 488 g/mol. The summed E-state index contributed by atoms with van der Waals surface area (Å²) in [5, 5.41) is 13.5. The predicted octanol–water partition coefficient (Wildman–Crippen LogP) is 6.03. The van der Waals surface area contributed by atoms with Crippen molar-refractivity contribution in [3.63, 3.8) is 0 Å². The van der Waals surface area contributed by atoms with Gasteiger partial charge in [-0.25, -0.2) is 4.68 Å². The SMILES string of the molecule is COc1cccc(C2C(C(=O)Nc3ccccc3)=C(C)Nc3nc(-c4cccc5ccccc45)nn32)c1. The van der Waals surface area contributed by atoms with E-state index in [2.05, 4.69) is 28.8 Å². The number of carbonyl (C=O) groups is 1. The van der Waals surface area contributed by atoms with E-state index >= 15 is 0 Å². The first kappa shape index (κ1) is 22.5. The van der Waals surface area contributed by atoms with Crippen LogP contribution in [0.1, 0.15) is 18.5 Å². The van der Waals surface area contributed by atoms with Crippen LogP contribution in [0.25, 0.3) is 22.2 Å². The summed E-state index contributed by atoms with van der Waals surface area (Å²) >= 11 is 0. The number of hydrogen-bond acceptors (Lipinski definition) is 5. The second-order valence-electron chi connectivity index (χ2n) is 8.89. The fraction of sp³-hybridized carbons (Fsp3) is 0.100. The van der Waals surface area contributed by atoms with Crippen LogP contribution >= 0.6 is 0 Å². The quantitative estimate of drug-likeness (QED) is 0.316. The zero-order chi connectivity index (χ0) is 25.4. The maximum atomic E-state index is 13.7. The Morgan fingerprint density at radius 1 is 0.946 bits per heavy atom. The molecule has 0 radical (unpaired) electrons. The van der Waals surface area contributed by atoms with Gasteiger partial charge in [0.25, 0.3) is 5.91 Å². The standard InChI is InChI=1S/C30H25N5O2/c1-19-26(29(36)32-22-13-4-3-5-14-22)27(21-12-8-15-23(18-21)37-2)35-30(31-19)33-28(34-35)25-17-9-11-20-10-6-7-16-24(20)25/h3-18,27H,1-2H3,(H,32,36)(H,31,33,34). The molecule has 1 aliphatic rings. The molecule has 4 aromatic carbocycles. The molecule has 0 fully saturated rings. The highest BCUT2D eigenvalue weighted by atomic mass is 16.5. The number of para-hydroxylation sites is 1. The highest BCUT2D eigenvalue weighted by Crippen LogP contribution is 2.38. The zero-order valence-electron chi connectivity index (χ0n) is 20.5. The minimum atomic E-state index is -0.508. The molecule has 182 valence electrons. The normalized spacial score (nSPS) is 14.7. The predicted molar refractivity (Wildman–Crippen MR) is 145 cm³/mol. The molecule has 6 rings (SSSR count). The minimum Gasteiger partial charge on any atom is -0.497 e. The lowest BCUT2D eigenvalue weighted by Crippen LogP contribution is -2.31.